The van der Waals surface area contributed by atoms with Gasteiger partial charge in [-0.25, -0.2) is 4.79 Å². The van der Waals surface area contributed by atoms with E-state index in [9.17, 15) is 9.90 Å². The van der Waals surface area contributed by atoms with Gasteiger partial charge < -0.3 is 14.4 Å². The first kappa shape index (κ1) is 20.7. The maximum Gasteiger partial charge on any atom is 0.399 e. The molecule has 3 heterocycles. The molecule has 0 bridgehead atoms. The second kappa shape index (κ2) is 7.94. The minimum atomic E-state index is -2.14. The van der Waals surface area contributed by atoms with Crippen molar-refractivity contribution in [3.05, 3.63) is 56.2 Å². The summed E-state index contributed by atoms with van der Waals surface area (Å²) in [6.07, 6.45) is 0.947. The van der Waals surface area contributed by atoms with Crippen LogP contribution in [0.3, 0.4) is 0 Å². The second-order valence-corrected chi connectivity index (χ2v) is 8.69. The third-order valence-electron chi connectivity index (χ3n) is 4.83. The summed E-state index contributed by atoms with van der Waals surface area (Å²) in [5.74, 6) is 0.681. The summed E-state index contributed by atoms with van der Waals surface area (Å²) in [4.78, 5) is 14.6. The molecular weight excluding hydrogens is 414 g/mol. The lowest BCUT2D eigenvalue weighted by Gasteiger charge is -2.34. The Kier molecular flexibility index (Phi) is 5.67. The van der Waals surface area contributed by atoms with Gasteiger partial charge in [0, 0.05) is 11.8 Å². The maximum absolute atomic E-state index is 12.1. The number of H-pyrrole nitrogens is 1. The second-order valence-electron chi connectivity index (χ2n) is 7.18. The van der Waals surface area contributed by atoms with E-state index in [0.29, 0.717) is 29.8 Å². The quantitative estimate of drug-likeness (QED) is 0.331. The highest BCUT2D eigenvalue weighted by Crippen LogP contribution is 2.51. The Hall–Kier alpha value is -1.55. The first-order valence-electron chi connectivity index (χ1n) is 9.11. The number of aryl methyl sites for hydroxylation is 2. The maximum atomic E-state index is 12.1. The lowest BCUT2D eigenvalue weighted by Crippen LogP contribution is -2.45. The largest absolute Gasteiger partial charge is 0.426 e. The van der Waals surface area contributed by atoms with Crippen molar-refractivity contribution >= 4 is 28.7 Å². The van der Waals surface area contributed by atoms with E-state index in [-0.39, 0.29) is 0 Å². The fourth-order valence-corrected chi connectivity index (χ4v) is 4.81. The molecule has 4 unspecified atom stereocenters. The van der Waals surface area contributed by atoms with Crippen molar-refractivity contribution in [3.63, 3.8) is 0 Å². The van der Waals surface area contributed by atoms with Gasteiger partial charge in [0.1, 0.15) is 22.7 Å². The predicted octanol–water partition coefficient (Wildman–Crippen LogP) is 2.87. The van der Waals surface area contributed by atoms with Crippen LogP contribution in [0.5, 0.6) is 5.75 Å². The van der Waals surface area contributed by atoms with E-state index in [1.165, 1.54) is 4.57 Å². The Morgan fingerprint density at radius 3 is 2.97 bits per heavy atom. The number of fused-ring (bicyclic) bond motifs is 1. The van der Waals surface area contributed by atoms with Gasteiger partial charge >= 0.3 is 14.3 Å². The molecule has 1 fully saturated rings. The molecule has 2 aliphatic heterocycles. The number of aliphatic hydroxyl groups is 1. The van der Waals surface area contributed by atoms with Crippen LogP contribution < -0.4 is 10.2 Å². The zero-order valence-corrected chi connectivity index (χ0v) is 17.7. The van der Waals surface area contributed by atoms with Crippen LogP contribution in [0.15, 0.2) is 29.2 Å². The summed E-state index contributed by atoms with van der Waals surface area (Å²) >= 11 is 4.94. The van der Waals surface area contributed by atoms with Gasteiger partial charge in [-0.3, -0.25) is 18.6 Å². The Bertz CT molecular complexity index is 1040. The summed E-state index contributed by atoms with van der Waals surface area (Å²) in [6, 6.07) is 5.57. The molecule has 2 N–H and O–H groups in total. The van der Waals surface area contributed by atoms with Crippen LogP contribution in [0.1, 0.15) is 35.8 Å². The van der Waals surface area contributed by atoms with Gasteiger partial charge in [0.05, 0.1) is 6.61 Å². The number of benzene rings is 1. The highest BCUT2D eigenvalue weighted by atomic mass is 32.1. The molecule has 2 radical (unpaired) electrons. The van der Waals surface area contributed by atoms with Crippen molar-refractivity contribution in [3.8, 4) is 5.75 Å². The Morgan fingerprint density at radius 1 is 1.41 bits per heavy atom. The highest BCUT2D eigenvalue weighted by Gasteiger charge is 2.44. The van der Waals surface area contributed by atoms with Crippen molar-refractivity contribution in [2.45, 2.75) is 51.3 Å². The Morgan fingerprint density at radius 2 is 2.21 bits per heavy atom. The van der Waals surface area contributed by atoms with E-state index in [1.807, 2.05) is 26.0 Å². The number of nitrogens with one attached hydrogen (secondary N) is 1. The first-order valence-corrected chi connectivity index (χ1v) is 10.6. The average molecular weight is 434 g/mol. The van der Waals surface area contributed by atoms with E-state index in [4.69, 9.17) is 38.4 Å². The van der Waals surface area contributed by atoms with Crippen molar-refractivity contribution < 1.29 is 23.4 Å². The van der Waals surface area contributed by atoms with Crippen LogP contribution in [0, 0.1) is 18.5 Å². The van der Waals surface area contributed by atoms with E-state index in [1.54, 1.807) is 12.3 Å². The fraction of sp³-hybridized carbons (Fsp3) is 0.444. The van der Waals surface area contributed by atoms with E-state index < -0.39 is 32.3 Å². The molecule has 2 aromatic rings. The number of ether oxygens (including phenoxy) is 1. The average Bonchev–Trinajstić information content (AvgIpc) is 3.13. The molecular formula is C18H20BN2O6PS. The van der Waals surface area contributed by atoms with Crippen molar-refractivity contribution in [1.82, 2.24) is 9.55 Å². The number of hydrogen-bond donors (Lipinski definition) is 2. The standard InChI is InChI=1S/C18H20BN2O6PS/c1-10-7-11(2)16-12(8-10)9-24-28(26-16)27-18(19,23)13-3-4-15(25-13)21-6-5-14(29)20-17(21)22/h5-8,13,15,23H,3-4,9H2,1-2H3,(H,20,22,29). The minimum absolute atomic E-state index is 0.298. The molecule has 4 rings (SSSR count). The van der Waals surface area contributed by atoms with Crippen LogP contribution in [0.4, 0.5) is 0 Å². The molecule has 0 aliphatic carbocycles. The number of hydrogen-bond acceptors (Lipinski definition) is 7. The zero-order valence-electron chi connectivity index (χ0n) is 16.0. The third-order valence-corrected chi connectivity index (χ3v) is 6.18. The SMILES string of the molecule is [B]C(O)(OP1OCc2cc(C)cc(C)c2O1)C1CCC(n2ccc(=S)[nH]c2=O)O1. The molecule has 1 saturated heterocycles. The molecule has 2 aliphatic rings. The molecule has 152 valence electrons. The monoisotopic (exact) mass is 434 g/mol. The van der Waals surface area contributed by atoms with E-state index >= 15 is 0 Å². The van der Waals surface area contributed by atoms with Gasteiger partial charge in [0.25, 0.3) is 0 Å². The van der Waals surface area contributed by atoms with Gasteiger partial charge in [-0.15, -0.1) is 0 Å². The van der Waals surface area contributed by atoms with E-state index in [0.717, 1.165) is 16.7 Å². The topological polar surface area (TPSA) is 94.9 Å². The normalized spacial score (nSPS) is 25.8. The molecule has 29 heavy (non-hydrogen) atoms. The van der Waals surface area contributed by atoms with Crippen molar-refractivity contribution in [2.75, 3.05) is 0 Å². The lowest BCUT2D eigenvalue weighted by atomic mass is 9.88. The highest BCUT2D eigenvalue weighted by molar-refractivity contribution is 7.71. The molecule has 1 aromatic carbocycles. The lowest BCUT2D eigenvalue weighted by molar-refractivity contribution is -0.172. The van der Waals surface area contributed by atoms with Gasteiger partial charge in [-0.1, -0.05) is 29.9 Å². The molecule has 0 spiro atoms. The van der Waals surface area contributed by atoms with Crippen LogP contribution in [0.25, 0.3) is 0 Å². The van der Waals surface area contributed by atoms with Crippen molar-refractivity contribution in [1.29, 1.82) is 0 Å². The van der Waals surface area contributed by atoms with Crippen LogP contribution >= 0.6 is 20.8 Å². The summed E-state index contributed by atoms with van der Waals surface area (Å²) < 4.78 is 24.5. The van der Waals surface area contributed by atoms with E-state index in [2.05, 4.69) is 4.98 Å². The van der Waals surface area contributed by atoms with Crippen LogP contribution in [0.2, 0.25) is 0 Å². The Labute approximate surface area is 175 Å². The Balaban J connectivity index is 1.44. The fourth-order valence-electron chi connectivity index (χ4n) is 3.51. The molecule has 8 nitrogen and oxygen atoms in total. The summed E-state index contributed by atoms with van der Waals surface area (Å²) in [5.41, 5.74) is 0.455. The predicted molar refractivity (Wildman–Crippen MR) is 109 cm³/mol. The molecule has 1 aromatic heterocycles. The smallest absolute Gasteiger partial charge is 0.399 e. The number of aromatic nitrogens is 2. The molecule has 4 atom stereocenters. The van der Waals surface area contributed by atoms with Crippen molar-refractivity contribution in [2.24, 2.45) is 0 Å². The summed E-state index contributed by atoms with van der Waals surface area (Å²) in [6.45, 7) is 4.23. The first-order chi connectivity index (χ1) is 13.7. The number of aromatic amines is 1. The molecule has 11 heteroatoms. The van der Waals surface area contributed by atoms with Gasteiger partial charge in [0.2, 0.25) is 0 Å². The van der Waals surface area contributed by atoms with Crippen LogP contribution in [-0.2, 0) is 20.4 Å². The number of rotatable bonds is 4. The van der Waals surface area contributed by atoms with Gasteiger partial charge in [-0.05, 0) is 38.3 Å². The minimum Gasteiger partial charge on any atom is -0.426 e. The number of nitrogens with zero attached hydrogens (tertiary/aromatic N) is 1. The van der Waals surface area contributed by atoms with Gasteiger partial charge in [0.15, 0.2) is 13.5 Å². The summed E-state index contributed by atoms with van der Waals surface area (Å²) in [7, 11) is 4.08. The zero-order chi connectivity index (χ0) is 20.8. The summed E-state index contributed by atoms with van der Waals surface area (Å²) in [5, 5.41) is 10.7. The third kappa shape index (κ3) is 4.33. The van der Waals surface area contributed by atoms with Crippen LogP contribution in [-0.4, -0.2) is 34.3 Å². The van der Waals surface area contributed by atoms with Gasteiger partial charge in [-0.2, -0.15) is 0 Å². The molecule has 0 amide bonds. The molecule has 0 saturated carbocycles.